The molecule has 2 fully saturated rings. The van der Waals surface area contributed by atoms with Crippen molar-refractivity contribution in [3.63, 3.8) is 0 Å². The molecule has 0 unspecified atom stereocenters. The maximum Gasteiger partial charge on any atom is 0.314 e. The predicted molar refractivity (Wildman–Crippen MR) is 71.9 cm³/mol. The molecule has 5 heteroatoms. The fourth-order valence-electron chi connectivity index (χ4n) is 2.80. The summed E-state index contributed by atoms with van der Waals surface area (Å²) in [6, 6.07) is -0.237. The third-order valence-corrected chi connectivity index (χ3v) is 4.63. The average molecular weight is 268 g/mol. The highest BCUT2D eigenvalue weighted by Crippen LogP contribution is 2.45. The second-order valence-corrected chi connectivity index (χ2v) is 6.49. The van der Waals surface area contributed by atoms with E-state index in [1.807, 2.05) is 0 Å². The molecule has 2 saturated carbocycles. The quantitative estimate of drug-likeness (QED) is 0.714. The van der Waals surface area contributed by atoms with Crippen molar-refractivity contribution in [2.45, 2.75) is 51.9 Å². The number of carboxylic acid groups (broad SMARTS) is 1. The summed E-state index contributed by atoms with van der Waals surface area (Å²) >= 11 is 0. The summed E-state index contributed by atoms with van der Waals surface area (Å²) in [5, 5.41) is 14.6. The third-order valence-electron chi connectivity index (χ3n) is 4.63. The van der Waals surface area contributed by atoms with Crippen molar-refractivity contribution < 1.29 is 14.7 Å². The second-order valence-electron chi connectivity index (χ2n) is 6.49. The van der Waals surface area contributed by atoms with Gasteiger partial charge in [-0.2, -0.15) is 0 Å². The average Bonchev–Trinajstić information content (AvgIpc) is 3.16. The highest BCUT2D eigenvalue weighted by Gasteiger charge is 2.50. The molecule has 0 bridgehead atoms. The van der Waals surface area contributed by atoms with Crippen LogP contribution in [0.2, 0.25) is 0 Å². The van der Waals surface area contributed by atoms with Gasteiger partial charge in [-0.15, -0.1) is 0 Å². The fraction of sp³-hybridized carbons (Fsp3) is 0.857. The Balaban J connectivity index is 1.68. The van der Waals surface area contributed by atoms with Gasteiger partial charge in [0.1, 0.15) is 0 Å². The number of rotatable bonds is 5. The van der Waals surface area contributed by atoms with E-state index < -0.39 is 11.4 Å². The number of nitrogens with one attached hydrogen (secondary N) is 2. The zero-order chi connectivity index (χ0) is 13.9. The summed E-state index contributed by atoms with van der Waals surface area (Å²) in [5.41, 5.74) is -0.480. The molecule has 2 amide bonds. The largest absolute Gasteiger partial charge is 0.481 e. The summed E-state index contributed by atoms with van der Waals surface area (Å²) in [4.78, 5) is 22.7. The first-order valence-electron chi connectivity index (χ1n) is 7.21. The molecule has 0 atom stereocenters. The predicted octanol–water partition coefficient (Wildman–Crippen LogP) is 2.12. The van der Waals surface area contributed by atoms with E-state index in [0.717, 1.165) is 12.8 Å². The van der Waals surface area contributed by atoms with E-state index in [0.29, 0.717) is 19.4 Å². The molecule has 0 radical (unpaired) electrons. The van der Waals surface area contributed by atoms with Crippen LogP contribution in [-0.4, -0.2) is 30.2 Å². The Hall–Kier alpha value is -1.26. The van der Waals surface area contributed by atoms with Gasteiger partial charge in [-0.3, -0.25) is 4.79 Å². The van der Waals surface area contributed by atoms with E-state index >= 15 is 0 Å². The number of aliphatic carboxylic acids is 1. The lowest BCUT2D eigenvalue weighted by atomic mass is 9.76. The molecule has 2 aliphatic rings. The van der Waals surface area contributed by atoms with Crippen LogP contribution in [0.25, 0.3) is 0 Å². The molecule has 5 nitrogen and oxygen atoms in total. The van der Waals surface area contributed by atoms with Crippen LogP contribution in [-0.2, 0) is 4.79 Å². The monoisotopic (exact) mass is 268 g/mol. The Morgan fingerprint density at radius 3 is 2.11 bits per heavy atom. The zero-order valence-corrected chi connectivity index (χ0v) is 11.6. The zero-order valence-electron chi connectivity index (χ0n) is 11.6. The minimum Gasteiger partial charge on any atom is -0.481 e. The third kappa shape index (κ3) is 3.61. The van der Waals surface area contributed by atoms with Gasteiger partial charge < -0.3 is 15.7 Å². The molecule has 0 spiro atoms. The number of hydrogen-bond donors (Lipinski definition) is 3. The van der Waals surface area contributed by atoms with Gasteiger partial charge in [0.2, 0.25) is 0 Å². The molecular weight excluding hydrogens is 244 g/mol. The summed E-state index contributed by atoms with van der Waals surface area (Å²) in [6.45, 7) is 3.13. The fourth-order valence-corrected chi connectivity index (χ4v) is 2.80. The van der Waals surface area contributed by atoms with Crippen molar-refractivity contribution in [3.8, 4) is 0 Å². The Morgan fingerprint density at radius 2 is 1.58 bits per heavy atom. The topological polar surface area (TPSA) is 78.4 Å². The molecule has 108 valence electrons. The first kappa shape index (κ1) is 14.2. The second kappa shape index (κ2) is 5.39. The highest BCUT2D eigenvalue weighted by molar-refractivity contribution is 5.80. The minimum atomic E-state index is -0.799. The summed E-state index contributed by atoms with van der Waals surface area (Å²) < 4.78 is 0. The van der Waals surface area contributed by atoms with Gasteiger partial charge in [0.05, 0.1) is 5.41 Å². The van der Waals surface area contributed by atoms with Crippen LogP contribution in [0.3, 0.4) is 0 Å². The minimum absolute atomic E-state index is 0.208. The van der Waals surface area contributed by atoms with E-state index in [9.17, 15) is 9.59 Å². The summed E-state index contributed by atoms with van der Waals surface area (Å²) in [6.07, 6.45) is 7.42. The highest BCUT2D eigenvalue weighted by atomic mass is 16.4. The van der Waals surface area contributed by atoms with E-state index in [-0.39, 0.29) is 18.0 Å². The number of carbonyl (C=O) groups is 2. The van der Waals surface area contributed by atoms with Gasteiger partial charge in [0, 0.05) is 13.1 Å². The van der Waals surface area contributed by atoms with Crippen LogP contribution in [0, 0.1) is 10.8 Å². The molecule has 2 aliphatic carbocycles. The lowest BCUT2D eigenvalue weighted by Gasteiger charge is -2.33. The SMILES string of the molecule is CC1(CNC(=O)NCC2(C(=O)O)CC2)CCCCC1. The lowest BCUT2D eigenvalue weighted by Crippen LogP contribution is -2.44. The number of hydrogen-bond acceptors (Lipinski definition) is 2. The van der Waals surface area contributed by atoms with Gasteiger partial charge in [0.15, 0.2) is 0 Å². The standard InChI is InChI=1S/C14H24N2O3/c1-13(5-3-2-4-6-13)9-15-12(19)16-10-14(7-8-14)11(17)18/h2-10H2,1H3,(H,17,18)(H2,15,16,19). The van der Waals surface area contributed by atoms with Crippen LogP contribution >= 0.6 is 0 Å². The first-order chi connectivity index (χ1) is 8.96. The van der Waals surface area contributed by atoms with E-state index in [4.69, 9.17) is 5.11 Å². The van der Waals surface area contributed by atoms with Crippen LogP contribution in [0.4, 0.5) is 4.79 Å². The Bertz CT molecular complexity index is 358. The normalized spacial score (nSPS) is 23.4. The number of carboxylic acids is 1. The van der Waals surface area contributed by atoms with E-state index in [1.165, 1.54) is 19.3 Å². The van der Waals surface area contributed by atoms with Gasteiger partial charge in [0.25, 0.3) is 0 Å². The molecule has 3 N–H and O–H groups in total. The van der Waals surface area contributed by atoms with Gasteiger partial charge >= 0.3 is 12.0 Å². The number of urea groups is 1. The Kier molecular flexibility index (Phi) is 4.02. The van der Waals surface area contributed by atoms with Gasteiger partial charge in [-0.25, -0.2) is 4.79 Å². The maximum atomic E-state index is 11.7. The van der Waals surface area contributed by atoms with Gasteiger partial charge in [-0.1, -0.05) is 26.2 Å². The molecule has 0 aromatic rings. The summed E-state index contributed by atoms with van der Waals surface area (Å²) in [7, 11) is 0. The summed E-state index contributed by atoms with van der Waals surface area (Å²) in [5.74, 6) is -0.799. The molecule has 19 heavy (non-hydrogen) atoms. The molecule has 0 heterocycles. The van der Waals surface area contributed by atoms with Crippen molar-refractivity contribution >= 4 is 12.0 Å². The van der Waals surface area contributed by atoms with Crippen LogP contribution in [0.15, 0.2) is 0 Å². The van der Waals surface area contributed by atoms with Crippen LogP contribution in [0.5, 0.6) is 0 Å². The molecule has 2 rings (SSSR count). The Labute approximate surface area is 114 Å². The van der Waals surface area contributed by atoms with Crippen molar-refractivity contribution in [1.82, 2.24) is 10.6 Å². The van der Waals surface area contributed by atoms with Crippen LogP contribution < -0.4 is 10.6 Å². The van der Waals surface area contributed by atoms with Crippen LogP contribution in [0.1, 0.15) is 51.9 Å². The van der Waals surface area contributed by atoms with Crippen molar-refractivity contribution in [2.24, 2.45) is 10.8 Å². The number of amides is 2. The molecule has 0 aliphatic heterocycles. The Morgan fingerprint density at radius 1 is 1.00 bits per heavy atom. The lowest BCUT2D eigenvalue weighted by molar-refractivity contribution is -0.143. The number of carbonyl (C=O) groups excluding carboxylic acids is 1. The van der Waals surface area contributed by atoms with Crippen molar-refractivity contribution in [1.29, 1.82) is 0 Å². The molecule has 0 aromatic heterocycles. The molecular formula is C14H24N2O3. The van der Waals surface area contributed by atoms with E-state index in [1.54, 1.807) is 0 Å². The van der Waals surface area contributed by atoms with Crippen molar-refractivity contribution in [2.75, 3.05) is 13.1 Å². The molecule has 0 aromatic carbocycles. The van der Waals surface area contributed by atoms with E-state index in [2.05, 4.69) is 17.6 Å². The smallest absolute Gasteiger partial charge is 0.314 e. The first-order valence-corrected chi connectivity index (χ1v) is 7.21. The van der Waals surface area contributed by atoms with Gasteiger partial charge in [-0.05, 0) is 31.1 Å². The van der Waals surface area contributed by atoms with Crippen molar-refractivity contribution in [3.05, 3.63) is 0 Å². The molecule has 0 saturated heterocycles. The maximum absolute atomic E-state index is 11.7.